The number of alkyl carbamates (subject to hydrolysis) is 1. The topological polar surface area (TPSA) is 151 Å². The number of amides is 1. The Bertz CT molecular complexity index is 1180. The lowest BCUT2D eigenvalue weighted by Gasteiger charge is -2.32. The molecule has 4 N–H and O–H groups in total. The van der Waals surface area contributed by atoms with Gasteiger partial charge in [0.15, 0.2) is 6.10 Å². The number of aromatic nitrogens is 1. The van der Waals surface area contributed by atoms with Gasteiger partial charge in [0.1, 0.15) is 11.7 Å². The zero-order valence-corrected chi connectivity index (χ0v) is 27.5. The molecular weight excluding hydrogens is 576 g/mol. The second kappa shape index (κ2) is 17.0. The summed E-state index contributed by atoms with van der Waals surface area (Å²) in [6.07, 6.45) is 10.7. The Hall–Kier alpha value is -3.05. The summed E-state index contributed by atoms with van der Waals surface area (Å²) < 4.78 is 17.3. The summed E-state index contributed by atoms with van der Waals surface area (Å²) in [7, 11) is 0. The van der Waals surface area contributed by atoms with Crippen LogP contribution in [-0.2, 0) is 25.5 Å². The molecule has 0 spiro atoms. The molecule has 10 unspecified atom stereocenters. The molecule has 1 fully saturated rings. The van der Waals surface area contributed by atoms with Crippen LogP contribution in [0.25, 0.3) is 0 Å². The molecule has 1 amide bonds. The first-order valence-corrected chi connectivity index (χ1v) is 16.1. The molecule has 0 aromatic carbocycles. The third-order valence-corrected chi connectivity index (χ3v) is 8.73. The van der Waals surface area contributed by atoms with E-state index in [9.17, 15) is 24.9 Å². The van der Waals surface area contributed by atoms with Crippen LogP contribution in [-0.4, -0.2) is 74.6 Å². The Morgan fingerprint density at radius 2 is 2.07 bits per heavy atom. The highest BCUT2D eigenvalue weighted by atomic mass is 16.6. The van der Waals surface area contributed by atoms with Gasteiger partial charge in [0.2, 0.25) is 0 Å². The van der Waals surface area contributed by atoms with E-state index in [-0.39, 0.29) is 61.9 Å². The molecule has 10 atom stereocenters. The number of esters is 1. The third-order valence-electron chi connectivity index (χ3n) is 8.73. The van der Waals surface area contributed by atoms with Crippen molar-refractivity contribution in [3.63, 3.8) is 0 Å². The normalized spacial score (nSPS) is 32.4. The number of pyridine rings is 1. The van der Waals surface area contributed by atoms with Crippen LogP contribution in [0, 0.1) is 17.8 Å². The van der Waals surface area contributed by atoms with Crippen molar-refractivity contribution >= 4 is 12.1 Å². The van der Waals surface area contributed by atoms with Crippen molar-refractivity contribution in [1.29, 1.82) is 0 Å². The molecule has 0 radical (unpaired) electrons. The molecule has 1 saturated heterocycles. The monoisotopic (exact) mass is 628 g/mol. The van der Waals surface area contributed by atoms with E-state index in [0.717, 1.165) is 17.6 Å². The highest BCUT2D eigenvalue weighted by Gasteiger charge is 2.45. The minimum absolute atomic E-state index is 0.0903. The number of aliphatic hydroxyl groups is 3. The van der Waals surface area contributed by atoms with Gasteiger partial charge in [-0.15, -0.1) is 0 Å². The Labute approximate surface area is 267 Å². The smallest absolute Gasteiger partial charge is 0.408 e. The predicted molar refractivity (Wildman–Crippen MR) is 171 cm³/mol. The Kier molecular flexibility index (Phi) is 13.8. The third kappa shape index (κ3) is 11.7. The molecule has 2 aliphatic heterocycles. The molecule has 0 aliphatic carbocycles. The van der Waals surface area contributed by atoms with Crippen LogP contribution in [0.3, 0.4) is 0 Å². The van der Waals surface area contributed by atoms with Crippen LogP contribution in [0.1, 0.15) is 79.2 Å². The van der Waals surface area contributed by atoms with Crippen molar-refractivity contribution in [2.45, 2.75) is 122 Å². The molecule has 0 bridgehead atoms. The first-order chi connectivity index (χ1) is 21.3. The molecule has 3 rings (SSSR count). The van der Waals surface area contributed by atoms with Gasteiger partial charge >= 0.3 is 12.1 Å². The standard InChI is InChI=1S/C35H52N2O8/c1-7-28(39)25(5)33-29(43-33)18-22(2)10-8-11-23(3)32-24(4)13-14-30(35(6,42)16-15-27(38)19-31(40)45-32)44-34(41)37-21-26-12-9-17-36-20-26/h8-14,17,20,22,24-25,27-30,32-33,38-39,42H,7,15-16,18-19,21H2,1-6H3,(H,37,41)/b10-8+,14-13-,23-11+. The van der Waals surface area contributed by atoms with Gasteiger partial charge in [-0.1, -0.05) is 58.1 Å². The largest absolute Gasteiger partial charge is 0.457 e. The first kappa shape index (κ1) is 36.4. The molecular formula is C35H52N2O8. The van der Waals surface area contributed by atoms with Crippen LogP contribution in [0.5, 0.6) is 0 Å². The van der Waals surface area contributed by atoms with Gasteiger partial charge in [-0.25, -0.2) is 4.79 Å². The van der Waals surface area contributed by atoms with Crippen LogP contribution in [0.15, 0.2) is 60.5 Å². The summed E-state index contributed by atoms with van der Waals surface area (Å²) >= 11 is 0. The van der Waals surface area contributed by atoms with Crippen LogP contribution >= 0.6 is 0 Å². The average molecular weight is 629 g/mol. The van der Waals surface area contributed by atoms with Gasteiger partial charge in [-0.05, 0) is 68.7 Å². The van der Waals surface area contributed by atoms with Gasteiger partial charge in [0.25, 0.3) is 0 Å². The number of carbonyl (C=O) groups is 2. The zero-order chi connectivity index (χ0) is 33.1. The van der Waals surface area contributed by atoms with Crippen molar-refractivity contribution in [2.75, 3.05) is 0 Å². The number of nitrogens with one attached hydrogen (secondary N) is 1. The molecule has 1 aromatic rings. The van der Waals surface area contributed by atoms with E-state index in [0.29, 0.717) is 6.42 Å². The van der Waals surface area contributed by atoms with E-state index < -0.39 is 36.0 Å². The molecule has 250 valence electrons. The minimum Gasteiger partial charge on any atom is -0.457 e. The molecule has 45 heavy (non-hydrogen) atoms. The minimum atomic E-state index is -1.50. The second-order valence-corrected chi connectivity index (χ2v) is 12.9. The van der Waals surface area contributed by atoms with E-state index in [4.69, 9.17) is 14.2 Å². The van der Waals surface area contributed by atoms with Gasteiger partial charge in [-0.3, -0.25) is 9.78 Å². The number of cyclic esters (lactones) is 1. The number of aliphatic hydroxyl groups excluding tert-OH is 2. The first-order valence-electron chi connectivity index (χ1n) is 16.1. The Morgan fingerprint density at radius 1 is 1.31 bits per heavy atom. The lowest BCUT2D eigenvalue weighted by atomic mass is 9.88. The maximum Gasteiger partial charge on any atom is 0.408 e. The fourth-order valence-corrected chi connectivity index (χ4v) is 5.62. The van der Waals surface area contributed by atoms with E-state index >= 15 is 0 Å². The average Bonchev–Trinajstić information content (AvgIpc) is 3.77. The van der Waals surface area contributed by atoms with Crippen LogP contribution in [0.2, 0.25) is 0 Å². The van der Waals surface area contributed by atoms with Crippen LogP contribution in [0.4, 0.5) is 4.79 Å². The van der Waals surface area contributed by atoms with E-state index in [1.165, 1.54) is 0 Å². The Balaban J connectivity index is 1.69. The number of allylic oxidation sites excluding steroid dienone is 3. The molecule has 10 heteroatoms. The molecule has 10 nitrogen and oxygen atoms in total. The molecule has 2 aliphatic rings. The summed E-state index contributed by atoms with van der Waals surface area (Å²) in [5, 5.41) is 34.6. The van der Waals surface area contributed by atoms with E-state index in [1.54, 1.807) is 37.5 Å². The van der Waals surface area contributed by atoms with Crippen molar-refractivity contribution in [3.05, 3.63) is 66.0 Å². The van der Waals surface area contributed by atoms with Gasteiger partial charge in [-0.2, -0.15) is 0 Å². The summed E-state index contributed by atoms with van der Waals surface area (Å²) in [5.74, 6) is -0.510. The van der Waals surface area contributed by atoms with Gasteiger partial charge in [0.05, 0.1) is 30.8 Å². The summed E-state index contributed by atoms with van der Waals surface area (Å²) in [4.78, 5) is 29.5. The molecule has 0 saturated carbocycles. The lowest BCUT2D eigenvalue weighted by molar-refractivity contribution is -0.151. The quantitative estimate of drug-likeness (QED) is 0.117. The lowest BCUT2D eigenvalue weighted by Crippen LogP contribution is -2.44. The summed E-state index contributed by atoms with van der Waals surface area (Å²) in [6, 6.07) is 3.60. The van der Waals surface area contributed by atoms with E-state index in [2.05, 4.69) is 23.3 Å². The number of nitrogens with zero attached hydrogens (tertiary/aromatic N) is 1. The van der Waals surface area contributed by atoms with Crippen LogP contribution < -0.4 is 5.32 Å². The summed E-state index contributed by atoms with van der Waals surface area (Å²) in [6.45, 7) is 11.6. The maximum atomic E-state index is 12.8. The van der Waals surface area contributed by atoms with Crippen molar-refractivity contribution < 1.29 is 39.1 Å². The highest BCUT2D eigenvalue weighted by Crippen LogP contribution is 2.36. The fourth-order valence-electron chi connectivity index (χ4n) is 5.62. The number of hydrogen-bond acceptors (Lipinski definition) is 9. The fraction of sp³-hybridized carbons (Fsp3) is 0.629. The van der Waals surface area contributed by atoms with Gasteiger partial charge < -0.3 is 34.8 Å². The van der Waals surface area contributed by atoms with E-state index in [1.807, 2.05) is 45.9 Å². The van der Waals surface area contributed by atoms with Gasteiger partial charge in [0, 0.05) is 30.8 Å². The zero-order valence-electron chi connectivity index (χ0n) is 27.5. The Morgan fingerprint density at radius 3 is 2.76 bits per heavy atom. The number of rotatable bonds is 11. The number of carbonyl (C=O) groups excluding carboxylic acids is 2. The van der Waals surface area contributed by atoms with Crippen molar-refractivity contribution in [3.8, 4) is 0 Å². The SMILES string of the molecule is CCC(O)C(C)C1OC1CC(C)/C=C/C=C(\C)C1OC(=O)CC(O)CCC(C)(O)C(OC(=O)NCc2cccnc2)/C=C\C1C. The maximum absolute atomic E-state index is 12.8. The molecule has 1 aromatic heterocycles. The van der Waals surface area contributed by atoms with Crippen molar-refractivity contribution in [1.82, 2.24) is 10.3 Å². The molecule has 3 heterocycles. The predicted octanol–water partition coefficient (Wildman–Crippen LogP) is 4.78. The summed E-state index contributed by atoms with van der Waals surface area (Å²) in [5.41, 5.74) is 0.102. The number of epoxide rings is 1. The second-order valence-electron chi connectivity index (χ2n) is 12.9. The number of ether oxygens (including phenoxy) is 3. The van der Waals surface area contributed by atoms with Crippen molar-refractivity contribution in [2.24, 2.45) is 17.8 Å². The highest BCUT2D eigenvalue weighted by molar-refractivity contribution is 5.70. The number of hydrogen-bond donors (Lipinski definition) is 4.